The molecule has 1 aromatic carbocycles. The van der Waals surface area contributed by atoms with Crippen molar-refractivity contribution in [2.45, 2.75) is 18.8 Å². The number of benzene rings is 1. The second kappa shape index (κ2) is 12.2. The smallest absolute Gasteiger partial charge is 0.387 e. The lowest BCUT2D eigenvalue weighted by molar-refractivity contribution is -0.110. The number of hydrogen-bond donors (Lipinski definition) is 2. The summed E-state index contributed by atoms with van der Waals surface area (Å²) >= 11 is 0. The van der Waals surface area contributed by atoms with E-state index < -0.39 is 18.1 Å². The third-order valence-electron chi connectivity index (χ3n) is 7.22. The van der Waals surface area contributed by atoms with Gasteiger partial charge in [0, 0.05) is 51.8 Å². The van der Waals surface area contributed by atoms with E-state index in [0.29, 0.717) is 31.0 Å². The molecule has 5 aromatic rings. The molecule has 0 saturated carbocycles. The van der Waals surface area contributed by atoms with Gasteiger partial charge in [-0.1, -0.05) is 0 Å². The zero-order valence-electron chi connectivity index (χ0n) is 24.8. The number of nitrogens with one attached hydrogen (secondary N) is 1. The molecular formula is C29H32F2N10O4. The Morgan fingerprint density at radius 1 is 1.18 bits per heavy atom. The molecule has 45 heavy (non-hydrogen) atoms. The minimum Gasteiger partial charge on any atom is -0.454 e. The highest BCUT2D eigenvalue weighted by Crippen LogP contribution is 2.39. The van der Waals surface area contributed by atoms with Crippen LogP contribution in [0.15, 0.2) is 61.4 Å². The molecule has 0 bridgehead atoms. The number of likely N-dealkylation sites (tertiary alicyclic amines) is 1. The van der Waals surface area contributed by atoms with E-state index in [1.54, 1.807) is 42.6 Å². The van der Waals surface area contributed by atoms with Crippen LogP contribution in [0, 0.1) is 0 Å². The lowest BCUT2D eigenvalue weighted by Gasteiger charge is -2.46. The maximum Gasteiger partial charge on any atom is 0.387 e. The number of rotatable bonds is 12. The number of anilines is 1. The van der Waals surface area contributed by atoms with Crippen molar-refractivity contribution in [2.75, 3.05) is 45.6 Å². The van der Waals surface area contributed by atoms with Crippen LogP contribution in [0.5, 0.6) is 17.2 Å². The number of nitrogens with zero attached hydrogens (tertiary/aromatic N) is 9. The standard InChI is InChI=1S/C29H32F2N10O4/c1-37(2)9-10-39-16-29(43,17-39)18-40-14-20(12-33-40)44-19-5-6-24(45-28(30)31)21(11-19)25-23(15-38(3)36-25)35-27(42)22-13-34-41-8-4-7-32-26(22)41/h4-8,11-15,28,43H,9-10,16-18H2,1-3H3,(H,35,42). The first-order chi connectivity index (χ1) is 21.5. The van der Waals surface area contributed by atoms with Gasteiger partial charge in [-0.05, 0) is 38.4 Å². The monoisotopic (exact) mass is 622 g/mol. The molecule has 1 aliphatic rings. The Balaban J connectivity index is 1.21. The van der Waals surface area contributed by atoms with Crippen molar-refractivity contribution in [1.29, 1.82) is 0 Å². The Bertz CT molecular complexity index is 1810. The van der Waals surface area contributed by atoms with E-state index in [1.165, 1.54) is 39.8 Å². The predicted octanol–water partition coefficient (Wildman–Crippen LogP) is 2.58. The quantitative estimate of drug-likeness (QED) is 0.213. The number of halogens is 2. The topological polar surface area (TPSA) is 140 Å². The average molecular weight is 623 g/mol. The maximum absolute atomic E-state index is 13.4. The van der Waals surface area contributed by atoms with Crippen LogP contribution in [-0.4, -0.2) is 107 Å². The molecule has 0 spiro atoms. The van der Waals surface area contributed by atoms with Crippen molar-refractivity contribution in [2.24, 2.45) is 7.05 Å². The zero-order valence-corrected chi connectivity index (χ0v) is 24.8. The van der Waals surface area contributed by atoms with Crippen molar-refractivity contribution >= 4 is 17.2 Å². The van der Waals surface area contributed by atoms with Crippen LogP contribution in [0.2, 0.25) is 0 Å². The number of likely N-dealkylation sites (N-methyl/N-ethyl adjacent to an activating group) is 1. The van der Waals surface area contributed by atoms with Crippen LogP contribution in [0.4, 0.5) is 14.5 Å². The molecule has 236 valence electrons. The Hall–Kier alpha value is -4.93. The predicted molar refractivity (Wildman–Crippen MR) is 158 cm³/mol. The van der Waals surface area contributed by atoms with Gasteiger partial charge < -0.3 is 24.8 Å². The van der Waals surface area contributed by atoms with E-state index in [0.717, 1.165) is 13.1 Å². The number of hydrogen-bond acceptors (Lipinski definition) is 10. The van der Waals surface area contributed by atoms with E-state index >= 15 is 0 Å². The van der Waals surface area contributed by atoms with E-state index in [9.17, 15) is 18.7 Å². The fourth-order valence-corrected chi connectivity index (χ4v) is 5.22. The maximum atomic E-state index is 13.4. The van der Waals surface area contributed by atoms with E-state index in [4.69, 9.17) is 9.47 Å². The van der Waals surface area contributed by atoms with Gasteiger partial charge in [-0.25, -0.2) is 9.50 Å². The van der Waals surface area contributed by atoms with Gasteiger partial charge in [0.15, 0.2) is 11.4 Å². The average Bonchev–Trinajstić information content (AvgIpc) is 3.69. The van der Waals surface area contributed by atoms with Gasteiger partial charge in [0.1, 0.15) is 28.4 Å². The van der Waals surface area contributed by atoms with Crippen LogP contribution >= 0.6 is 0 Å². The van der Waals surface area contributed by atoms with Crippen molar-refractivity contribution in [3.8, 4) is 28.5 Å². The van der Waals surface area contributed by atoms with Crippen molar-refractivity contribution < 1.29 is 28.2 Å². The molecule has 0 aliphatic carbocycles. The summed E-state index contributed by atoms with van der Waals surface area (Å²) in [6.07, 6.45) is 9.30. The Morgan fingerprint density at radius 3 is 2.78 bits per heavy atom. The second-order valence-corrected chi connectivity index (χ2v) is 11.2. The molecule has 1 saturated heterocycles. The van der Waals surface area contributed by atoms with Gasteiger partial charge in [-0.3, -0.25) is 19.1 Å². The molecule has 0 unspecified atom stereocenters. The highest BCUT2D eigenvalue weighted by atomic mass is 19.3. The molecule has 16 heteroatoms. The number of amides is 1. The van der Waals surface area contributed by atoms with Crippen LogP contribution in [-0.2, 0) is 13.6 Å². The van der Waals surface area contributed by atoms with Gasteiger partial charge in [0.2, 0.25) is 0 Å². The number of aryl methyl sites for hydroxylation is 1. The number of fused-ring (bicyclic) bond motifs is 1. The lowest BCUT2D eigenvalue weighted by atomic mass is 9.94. The fourth-order valence-electron chi connectivity index (χ4n) is 5.22. The molecule has 1 aliphatic heterocycles. The minimum absolute atomic E-state index is 0.161. The molecule has 1 fully saturated rings. The molecule has 4 aromatic heterocycles. The minimum atomic E-state index is -3.10. The van der Waals surface area contributed by atoms with Crippen LogP contribution < -0.4 is 14.8 Å². The number of aliphatic hydroxyl groups is 1. The number of β-amino-alcohol motifs (C(OH)–C–C–N with tert-alkyl or cyclic N) is 1. The third kappa shape index (κ3) is 6.77. The highest BCUT2D eigenvalue weighted by molar-refractivity contribution is 6.09. The summed E-state index contributed by atoms with van der Waals surface area (Å²) in [6.45, 7) is 0.0589. The molecule has 5 heterocycles. The number of carbonyl (C=O) groups excluding carboxylic acids is 1. The summed E-state index contributed by atoms with van der Waals surface area (Å²) in [4.78, 5) is 21.7. The van der Waals surface area contributed by atoms with Crippen LogP contribution in [0.3, 0.4) is 0 Å². The van der Waals surface area contributed by atoms with Gasteiger partial charge in [0.05, 0.1) is 36.4 Å². The first-order valence-electron chi connectivity index (χ1n) is 14.1. The summed E-state index contributed by atoms with van der Waals surface area (Å²) in [5, 5.41) is 26.5. The van der Waals surface area contributed by atoms with Crippen molar-refractivity contribution in [1.82, 2.24) is 44.0 Å². The molecule has 0 atom stereocenters. The Morgan fingerprint density at radius 2 is 2.00 bits per heavy atom. The van der Waals surface area contributed by atoms with Crippen LogP contribution in [0.25, 0.3) is 16.9 Å². The second-order valence-electron chi connectivity index (χ2n) is 11.2. The molecular weight excluding hydrogens is 590 g/mol. The van der Waals surface area contributed by atoms with Crippen molar-refractivity contribution in [3.05, 3.63) is 67.0 Å². The number of aromatic nitrogens is 7. The van der Waals surface area contributed by atoms with E-state index in [-0.39, 0.29) is 34.0 Å². The summed E-state index contributed by atoms with van der Waals surface area (Å²) in [6, 6.07) is 6.00. The van der Waals surface area contributed by atoms with Gasteiger partial charge in [-0.15, -0.1) is 0 Å². The SMILES string of the molecule is CN(C)CCN1CC(O)(Cn2cc(Oc3ccc(OC(F)F)c(-c4nn(C)cc4NC(=O)c4cnn5cccnc45)c3)cn2)C1. The third-order valence-corrected chi connectivity index (χ3v) is 7.22. The summed E-state index contributed by atoms with van der Waals surface area (Å²) in [7, 11) is 5.65. The lowest BCUT2D eigenvalue weighted by Crippen LogP contribution is -2.64. The van der Waals surface area contributed by atoms with Crippen LogP contribution in [0.1, 0.15) is 10.4 Å². The van der Waals surface area contributed by atoms with Gasteiger partial charge >= 0.3 is 6.61 Å². The zero-order chi connectivity index (χ0) is 31.7. The molecule has 0 radical (unpaired) electrons. The first-order valence-corrected chi connectivity index (χ1v) is 14.1. The molecule has 6 rings (SSSR count). The van der Waals surface area contributed by atoms with E-state index in [1.807, 2.05) is 14.1 Å². The highest BCUT2D eigenvalue weighted by Gasteiger charge is 2.41. The number of alkyl halides is 2. The Kier molecular flexibility index (Phi) is 8.18. The van der Waals surface area contributed by atoms with Gasteiger partial charge in [-0.2, -0.15) is 24.1 Å². The number of ether oxygens (including phenoxy) is 2. The van der Waals surface area contributed by atoms with E-state index in [2.05, 4.69) is 35.4 Å². The Labute approximate surface area is 256 Å². The molecule has 2 N–H and O–H groups in total. The fraction of sp³-hybridized carbons (Fsp3) is 0.345. The first kappa shape index (κ1) is 30.1. The van der Waals surface area contributed by atoms with Crippen molar-refractivity contribution in [3.63, 3.8) is 0 Å². The largest absolute Gasteiger partial charge is 0.454 e. The normalized spacial score (nSPS) is 14.7. The molecule has 14 nitrogen and oxygen atoms in total. The molecule has 1 amide bonds. The summed E-state index contributed by atoms with van der Waals surface area (Å²) in [5.74, 6) is -0.00176. The summed E-state index contributed by atoms with van der Waals surface area (Å²) in [5.41, 5.74) is 0.264. The number of carbonyl (C=O) groups is 1. The summed E-state index contributed by atoms with van der Waals surface area (Å²) < 4.78 is 42.1. The van der Waals surface area contributed by atoms with Gasteiger partial charge in [0.25, 0.3) is 5.91 Å².